The summed E-state index contributed by atoms with van der Waals surface area (Å²) >= 11 is 12.5. The number of benzene rings is 2. The van der Waals surface area contributed by atoms with Crippen LogP contribution in [-0.2, 0) is 0 Å². The highest BCUT2D eigenvalue weighted by atomic mass is 35.5. The zero-order valence-electron chi connectivity index (χ0n) is 25.1. The van der Waals surface area contributed by atoms with Crippen molar-refractivity contribution < 1.29 is 4.39 Å². The van der Waals surface area contributed by atoms with Crippen molar-refractivity contribution in [1.29, 1.82) is 5.26 Å². The fourth-order valence-corrected chi connectivity index (χ4v) is 6.11. The van der Waals surface area contributed by atoms with Gasteiger partial charge in [-0.3, -0.25) is 9.88 Å². The highest BCUT2D eigenvalue weighted by Gasteiger charge is 2.29. The summed E-state index contributed by atoms with van der Waals surface area (Å²) < 4.78 is 16.2. The lowest BCUT2D eigenvalue weighted by Gasteiger charge is -2.40. The molecule has 0 aliphatic carbocycles. The monoisotopic (exact) mass is 643 g/mol. The van der Waals surface area contributed by atoms with E-state index in [4.69, 9.17) is 23.2 Å². The molecule has 12 heteroatoms. The van der Waals surface area contributed by atoms with Gasteiger partial charge in [0.15, 0.2) is 11.0 Å². The Bertz CT molecular complexity index is 1870. The number of nitrogens with zero attached hydrogens (tertiary/aromatic N) is 7. The summed E-state index contributed by atoms with van der Waals surface area (Å²) in [4.78, 5) is 10.8. The zero-order chi connectivity index (χ0) is 31.7. The van der Waals surface area contributed by atoms with Gasteiger partial charge in [-0.15, -0.1) is 5.10 Å². The van der Waals surface area contributed by atoms with Crippen molar-refractivity contribution >= 4 is 51.2 Å². The van der Waals surface area contributed by atoms with E-state index >= 15 is 0 Å². The lowest BCUT2D eigenvalue weighted by atomic mass is 9.98. The third kappa shape index (κ3) is 6.57. The molecular formula is C33H32Cl2FN9. The normalized spacial score (nSPS) is 15.1. The summed E-state index contributed by atoms with van der Waals surface area (Å²) in [5.41, 5.74) is 4.05. The molecule has 1 fully saturated rings. The van der Waals surface area contributed by atoms with Crippen LogP contribution in [0, 0.1) is 17.1 Å². The Morgan fingerprint density at radius 3 is 2.47 bits per heavy atom. The van der Waals surface area contributed by atoms with Gasteiger partial charge in [-0.05, 0) is 51.3 Å². The summed E-state index contributed by atoms with van der Waals surface area (Å²) in [6, 6.07) is 16.9. The Morgan fingerprint density at radius 2 is 1.78 bits per heavy atom. The Labute approximate surface area is 271 Å². The van der Waals surface area contributed by atoms with Crippen LogP contribution in [0.4, 0.5) is 21.5 Å². The number of aromatic nitrogens is 5. The lowest BCUT2D eigenvalue weighted by molar-refractivity contribution is 0.0866. The molecule has 3 aromatic heterocycles. The van der Waals surface area contributed by atoms with E-state index in [1.54, 1.807) is 6.07 Å². The van der Waals surface area contributed by atoms with Gasteiger partial charge in [0.25, 0.3) is 0 Å². The molecule has 0 saturated carbocycles. The summed E-state index contributed by atoms with van der Waals surface area (Å²) in [5, 5.41) is 26.5. The molecular weight excluding hydrogens is 612 g/mol. The lowest BCUT2D eigenvalue weighted by Crippen LogP contribution is -2.46. The van der Waals surface area contributed by atoms with E-state index in [9.17, 15) is 9.65 Å². The average molecular weight is 645 g/mol. The van der Waals surface area contributed by atoms with Crippen LogP contribution in [0.3, 0.4) is 0 Å². The number of rotatable bonds is 7. The van der Waals surface area contributed by atoms with Gasteiger partial charge in [-0.25, -0.2) is 14.1 Å². The molecule has 4 heterocycles. The van der Waals surface area contributed by atoms with Gasteiger partial charge in [0, 0.05) is 42.0 Å². The number of hydrogen-bond donors (Lipinski definition) is 2. The van der Waals surface area contributed by atoms with Gasteiger partial charge >= 0.3 is 0 Å². The second kappa shape index (κ2) is 12.6. The summed E-state index contributed by atoms with van der Waals surface area (Å²) in [7, 11) is 0. The number of nitrogens with one attached hydrogen (secondary N) is 2. The fraction of sp³-hybridized carbons (Fsp3) is 0.303. The van der Waals surface area contributed by atoms with Crippen LogP contribution in [0.5, 0.6) is 0 Å². The first-order chi connectivity index (χ1) is 21.6. The maximum Gasteiger partial charge on any atom is 0.164 e. The number of anilines is 3. The van der Waals surface area contributed by atoms with E-state index in [0.717, 1.165) is 37.2 Å². The van der Waals surface area contributed by atoms with Crippen molar-refractivity contribution in [3.8, 4) is 6.07 Å². The van der Waals surface area contributed by atoms with E-state index in [2.05, 4.69) is 62.7 Å². The van der Waals surface area contributed by atoms with Crippen molar-refractivity contribution in [2.75, 3.05) is 23.7 Å². The van der Waals surface area contributed by atoms with Gasteiger partial charge in [-0.1, -0.05) is 58.7 Å². The van der Waals surface area contributed by atoms with E-state index in [0.29, 0.717) is 33.0 Å². The third-order valence-corrected chi connectivity index (χ3v) is 8.73. The Morgan fingerprint density at radius 1 is 1.02 bits per heavy atom. The van der Waals surface area contributed by atoms with E-state index in [1.807, 2.05) is 47.3 Å². The maximum atomic E-state index is 14.2. The summed E-state index contributed by atoms with van der Waals surface area (Å²) in [6.07, 6.45) is 6.85. The largest absolute Gasteiger partial charge is 0.373 e. The molecule has 1 unspecified atom stereocenters. The van der Waals surface area contributed by atoms with Crippen LogP contribution >= 0.6 is 23.2 Å². The minimum absolute atomic E-state index is 0.142. The van der Waals surface area contributed by atoms with E-state index in [1.165, 1.54) is 18.5 Å². The van der Waals surface area contributed by atoms with Crippen molar-refractivity contribution in [2.45, 2.75) is 51.2 Å². The van der Waals surface area contributed by atoms with Crippen molar-refractivity contribution in [3.63, 3.8) is 0 Å². The first kappa shape index (κ1) is 30.7. The number of nitriles is 1. The molecule has 2 aromatic carbocycles. The van der Waals surface area contributed by atoms with Crippen molar-refractivity contribution in [3.05, 3.63) is 99.9 Å². The molecule has 0 spiro atoms. The molecule has 0 bridgehead atoms. The Kier molecular flexibility index (Phi) is 8.60. The molecule has 1 atom stereocenters. The van der Waals surface area contributed by atoms with Crippen molar-refractivity contribution in [2.24, 2.45) is 0 Å². The molecule has 45 heavy (non-hydrogen) atoms. The number of piperidine rings is 1. The molecule has 9 nitrogen and oxygen atoms in total. The topological polar surface area (TPSA) is 108 Å². The van der Waals surface area contributed by atoms with Gasteiger partial charge in [0.05, 0.1) is 52.0 Å². The Hall–Kier alpha value is -4.30. The van der Waals surface area contributed by atoms with E-state index < -0.39 is 5.82 Å². The third-order valence-electron chi connectivity index (χ3n) is 8.17. The smallest absolute Gasteiger partial charge is 0.164 e. The molecule has 1 aliphatic heterocycles. The predicted molar refractivity (Wildman–Crippen MR) is 175 cm³/mol. The number of fused-ring (bicyclic) bond motifs is 1. The van der Waals surface area contributed by atoms with Gasteiger partial charge in [-0.2, -0.15) is 5.26 Å². The van der Waals surface area contributed by atoms with Crippen LogP contribution in [0.25, 0.3) is 10.9 Å². The highest BCUT2D eigenvalue weighted by Crippen LogP contribution is 2.37. The molecule has 2 N–H and O–H groups in total. The second-order valence-corrected chi connectivity index (χ2v) is 12.9. The maximum absolute atomic E-state index is 14.2. The zero-order valence-corrected chi connectivity index (χ0v) is 26.6. The van der Waals surface area contributed by atoms with Crippen LogP contribution in [0.2, 0.25) is 10.2 Å². The van der Waals surface area contributed by atoms with Crippen LogP contribution in [-0.4, -0.2) is 48.5 Å². The first-order valence-corrected chi connectivity index (χ1v) is 15.4. The molecule has 1 aliphatic rings. The predicted octanol–water partition coefficient (Wildman–Crippen LogP) is 7.92. The molecule has 0 radical (unpaired) electrons. The van der Waals surface area contributed by atoms with Crippen LogP contribution in [0.1, 0.15) is 62.5 Å². The Balaban J connectivity index is 1.35. The molecule has 1 saturated heterocycles. The van der Waals surface area contributed by atoms with Crippen molar-refractivity contribution in [1.82, 2.24) is 29.9 Å². The molecule has 230 valence electrons. The first-order valence-electron chi connectivity index (χ1n) is 14.7. The van der Waals surface area contributed by atoms with Crippen LogP contribution < -0.4 is 10.6 Å². The number of halogens is 3. The number of likely N-dealkylation sites (tertiary alicyclic amines) is 1. The van der Waals surface area contributed by atoms with Gasteiger partial charge < -0.3 is 10.6 Å². The molecule has 5 aromatic rings. The minimum atomic E-state index is -0.683. The van der Waals surface area contributed by atoms with Gasteiger partial charge in [0.2, 0.25) is 0 Å². The SMILES string of the molecule is CC(C)(C)N1CCC(n2cc(C(Nc3cc(Cl)c4ncc(C#N)c(Nc5cnc(Cl)c(F)c5)c4c3)c3ccccc3)nn2)CC1. The highest BCUT2D eigenvalue weighted by molar-refractivity contribution is 6.36. The van der Waals surface area contributed by atoms with Gasteiger partial charge in [0.1, 0.15) is 11.8 Å². The standard InChI is InChI=1S/C33H32Cl2FN9/c1-33(2,3)44-11-9-24(10-12-44)45-19-28(42-43-45)30(20-7-5-4-6-8-20)40-22-13-25-29(41-23-15-27(36)32(35)39-18-23)21(16-37)17-38-31(25)26(34)14-22/h4-8,13-15,17-19,24,30,40H,9-12H2,1-3H3,(H,38,41). The van der Waals surface area contributed by atoms with Crippen LogP contribution in [0.15, 0.2) is 67.1 Å². The van der Waals surface area contributed by atoms with E-state index in [-0.39, 0.29) is 28.3 Å². The second-order valence-electron chi connectivity index (χ2n) is 12.1. The number of hydrogen-bond acceptors (Lipinski definition) is 8. The number of pyridine rings is 2. The molecule has 0 amide bonds. The molecule has 6 rings (SSSR count). The average Bonchev–Trinajstić information content (AvgIpc) is 3.52. The minimum Gasteiger partial charge on any atom is -0.373 e. The summed E-state index contributed by atoms with van der Waals surface area (Å²) in [5.74, 6) is -0.683. The summed E-state index contributed by atoms with van der Waals surface area (Å²) in [6.45, 7) is 8.77. The fourth-order valence-electron chi connectivity index (χ4n) is 5.74. The quantitative estimate of drug-likeness (QED) is 0.172.